The van der Waals surface area contributed by atoms with Gasteiger partial charge in [-0.2, -0.15) is 10.4 Å². The molecule has 4 aromatic rings. The van der Waals surface area contributed by atoms with E-state index in [1.807, 2.05) is 43.3 Å². The van der Waals surface area contributed by atoms with Gasteiger partial charge in [0, 0.05) is 23.7 Å². The van der Waals surface area contributed by atoms with Crippen LogP contribution in [0.4, 0.5) is 0 Å². The average Bonchev–Trinajstić information content (AvgIpc) is 3.22. The summed E-state index contributed by atoms with van der Waals surface area (Å²) in [5, 5.41) is 17.0. The fourth-order valence-electron chi connectivity index (χ4n) is 3.14. The second-order valence-corrected chi connectivity index (χ2v) is 8.02. The number of thiazole rings is 1. The standard InChI is InChI=1S/C24H19N5O2S/c1-16-22(32-24(27-16)19-5-3-2-4-6-19)20-11-12-21(30)29(28-20)14-13-26-23(31)18-9-7-17(15-25)8-10-18/h2-12H,13-14H2,1H3,(H,26,31). The van der Waals surface area contributed by atoms with E-state index in [4.69, 9.17) is 5.26 Å². The highest BCUT2D eigenvalue weighted by molar-refractivity contribution is 7.18. The van der Waals surface area contributed by atoms with Crippen LogP contribution >= 0.6 is 11.3 Å². The Kier molecular flexibility index (Phi) is 6.19. The molecule has 2 heterocycles. The lowest BCUT2D eigenvalue weighted by molar-refractivity contribution is 0.0951. The Morgan fingerprint density at radius 1 is 1.09 bits per heavy atom. The molecule has 1 N–H and O–H groups in total. The molecule has 0 saturated carbocycles. The maximum absolute atomic E-state index is 12.3. The van der Waals surface area contributed by atoms with E-state index in [9.17, 15) is 9.59 Å². The van der Waals surface area contributed by atoms with E-state index in [2.05, 4.69) is 15.4 Å². The fourth-order valence-corrected chi connectivity index (χ4v) is 4.18. The van der Waals surface area contributed by atoms with Crippen LogP contribution in [0.3, 0.4) is 0 Å². The monoisotopic (exact) mass is 441 g/mol. The van der Waals surface area contributed by atoms with Gasteiger partial charge in [0.25, 0.3) is 11.5 Å². The van der Waals surface area contributed by atoms with Crippen LogP contribution in [-0.4, -0.2) is 27.2 Å². The number of amides is 1. The molecule has 0 aliphatic heterocycles. The number of carbonyl (C=O) groups excluding carboxylic acids is 1. The SMILES string of the molecule is Cc1nc(-c2ccccc2)sc1-c1ccc(=O)n(CCNC(=O)c2ccc(C#N)cc2)n1. The van der Waals surface area contributed by atoms with Gasteiger partial charge in [-0.25, -0.2) is 9.67 Å². The molecule has 0 bridgehead atoms. The molecule has 0 saturated heterocycles. The van der Waals surface area contributed by atoms with E-state index in [1.165, 1.54) is 22.1 Å². The maximum atomic E-state index is 12.3. The number of benzene rings is 2. The van der Waals surface area contributed by atoms with Crippen molar-refractivity contribution in [1.29, 1.82) is 5.26 Å². The third kappa shape index (κ3) is 4.63. The molecule has 158 valence electrons. The average molecular weight is 442 g/mol. The summed E-state index contributed by atoms with van der Waals surface area (Å²) in [4.78, 5) is 30.1. The molecular formula is C24H19N5O2S. The minimum Gasteiger partial charge on any atom is -0.350 e. The van der Waals surface area contributed by atoms with E-state index in [0.717, 1.165) is 21.1 Å². The van der Waals surface area contributed by atoms with Gasteiger partial charge in [-0.3, -0.25) is 9.59 Å². The van der Waals surface area contributed by atoms with Crippen LogP contribution in [0, 0.1) is 18.3 Å². The first-order valence-electron chi connectivity index (χ1n) is 9.95. The van der Waals surface area contributed by atoms with Gasteiger partial charge in [0.15, 0.2) is 0 Å². The van der Waals surface area contributed by atoms with Gasteiger partial charge < -0.3 is 5.32 Å². The highest BCUT2D eigenvalue weighted by Crippen LogP contribution is 2.33. The van der Waals surface area contributed by atoms with Crippen molar-refractivity contribution in [3.8, 4) is 27.2 Å². The lowest BCUT2D eigenvalue weighted by Gasteiger charge is -2.08. The van der Waals surface area contributed by atoms with E-state index in [0.29, 0.717) is 16.8 Å². The number of rotatable bonds is 6. The number of nitriles is 1. The minimum absolute atomic E-state index is 0.234. The summed E-state index contributed by atoms with van der Waals surface area (Å²) in [7, 11) is 0. The third-order valence-corrected chi connectivity index (χ3v) is 6.03. The molecule has 8 heteroatoms. The van der Waals surface area contributed by atoms with Crippen molar-refractivity contribution in [3.63, 3.8) is 0 Å². The van der Waals surface area contributed by atoms with Gasteiger partial charge in [-0.15, -0.1) is 11.3 Å². The van der Waals surface area contributed by atoms with Crippen LogP contribution in [0.5, 0.6) is 0 Å². The number of hydrogen-bond acceptors (Lipinski definition) is 6. The third-order valence-electron chi connectivity index (χ3n) is 4.80. The number of aromatic nitrogens is 3. The Balaban J connectivity index is 1.47. The maximum Gasteiger partial charge on any atom is 0.266 e. The molecular weight excluding hydrogens is 422 g/mol. The number of hydrogen-bond donors (Lipinski definition) is 1. The molecule has 1 amide bonds. The molecule has 0 radical (unpaired) electrons. The highest BCUT2D eigenvalue weighted by atomic mass is 32.1. The Labute approximate surface area is 188 Å². The molecule has 0 spiro atoms. The van der Waals surface area contributed by atoms with Crippen LogP contribution in [0.1, 0.15) is 21.6 Å². The van der Waals surface area contributed by atoms with Gasteiger partial charge in [0.2, 0.25) is 0 Å². The minimum atomic E-state index is -0.274. The topological polar surface area (TPSA) is 101 Å². The molecule has 0 aliphatic rings. The van der Waals surface area contributed by atoms with Gasteiger partial charge in [0.1, 0.15) is 10.7 Å². The zero-order chi connectivity index (χ0) is 22.5. The second-order valence-electron chi connectivity index (χ2n) is 7.02. The molecule has 2 aromatic heterocycles. The van der Waals surface area contributed by atoms with Crippen LogP contribution in [0.25, 0.3) is 21.1 Å². The smallest absolute Gasteiger partial charge is 0.266 e. The largest absolute Gasteiger partial charge is 0.350 e. The zero-order valence-electron chi connectivity index (χ0n) is 17.3. The summed E-state index contributed by atoms with van der Waals surface area (Å²) < 4.78 is 1.34. The first kappa shape index (κ1) is 21.2. The molecule has 0 atom stereocenters. The predicted molar refractivity (Wildman–Crippen MR) is 123 cm³/mol. The molecule has 4 rings (SSSR count). The van der Waals surface area contributed by atoms with Crippen LogP contribution in [-0.2, 0) is 6.54 Å². The van der Waals surface area contributed by atoms with Crippen molar-refractivity contribution in [1.82, 2.24) is 20.1 Å². The van der Waals surface area contributed by atoms with E-state index in [-0.39, 0.29) is 24.6 Å². The van der Waals surface area contributed by atoms with Crippen LogP contribution < -0.4 is 10.9 Å². The quantitative estimate of drug-likeness (QED) is 0.492. The van der Waals surface area contributed by atoms with E-state index in [1.54, 1.807) is 30.3 Å². The Morgan fingerprint density at radius 3 is 2.56 bits per heavy atom. The lowest BCUT2D eigenvalue weighted by atomic mass is 10.1. The summed E-state index contributed by atoms with van der Waals surface area (Å²) in [5.74, 6) is -0.274. The number of nitrogens with zero attached hydrogens (tertiary/aromatic N) is 4. The fraction of sp³-hybridized carbons (Fsp3) is 0.125. The molecule has 0 unspecified atom stereocenters. The van der Waals surface area contributed by atoms with E-state index >= 15 is 0 Å². The summed E-state index contributed by atoms with van der Waals surface area (Å²) in [6.45, 7) is 2.40. The van der Waals surface area contributed by atoms with Gasteiger partial charge in [0.05, 0.1) is 28.7 Å². The normalized spacial score (nSPS) is 10.5. The van der Waals surface area contributed by atoms with Crippen molar-refractivity contribution in [3.05, 3.63) is 93.9 Å². The summed E-state index contributed by atoms with van der Waals surface area (Å²) in [5.41, 5.74) is 3.24. The van der Waals surface area contributed by atoms with Crippen molar-refractivity contribution in [2.24, 2.45) is 0 Å². The lowest BCUT2D eigenvalue weighted by Crippen LogP contribution is -2.31. The number of aryl methyl sites for hydroxylation is 1. The van der Waals surface area contributed by atoms with Crippen LogP contribution in [0.15, 0.2) is 71.5 Å². The van der Waals surface area contributed by atoms with Gasteiger partial charge in [-0.05, 0) is 37.3 Å². The van der Waals surface area contributed by atoms with Crippen LogP contribution in [0.2, 0.25) is 0 Å². The van der Waals surface area contributed by atoms with Gasteiger partial charge >= 0.3 is 0 Å². The van der Waals surface area contributed by atoms with E-state index < -0.39 is 0 Å². The summed E-state index contributed by atoms with van der Waals surface area (Å²) in [6.07, 6.45) is 0. The molecule has 0 aliphatic carbocycles. The Morgan fingerprint density at radius 2 is 1.84 bits per heavy atom. The van der Waals surface area contributed by atoms with Crippen molar-refractivity contribution < 1.29 is 4.79 Å². The highest BCUT2D eigenvalue weighted by Gasteiger charge is 2.14. The number of carbonyl (C=O) groups is 1. The summed E-state index contributed by atoms with van der Waals surface area (Å²) >= 11 is 1.53. The predicted octanol–water partition coefficient (Wildman–Crippen LogP) is 3.64. The first-order valence-corrected chi connectivity index (χ1v) is 10.8. The number of nitrogens with one attached hydrogen (secondary N) is 1. The van der Waals surface area contributed by atoms with Crippen molar-refractivity contribution in [2.45, 2.75) is 13.5 Å². The van der Waals surface area contributed by atoms with Gasteiger partial charge in [-0.1, -0.05) is 30.3 Å². The Bertz CT molecular complexity index is 1350. The summed E-state index contributed by atoms with van der Waals surface area (Å²) in [6, 6.07) is 21.5. The first-order chi connectivity index (χ1) is 15.5. The molecule has 7 nitrogen and oxygen atoms in total. The zero-order valence-corrected chi connectivity index (χ0v) is 18.1. The molecule has 2 aromatic carbocycles. The van der Waals surface area contributed by atoms with Crippen molar-refractivity contribution in [2.75, 3.05) is 6.54 Å². The second kappa shape index (κ2) is 9.37. The Hall–Kier alpha value is -4.09. The van der Waals surface area contributed by atoms with Crippen molar-refractivity contribution >= 4 is 17.2 Å². The molecule has 0 fully saturated rings. The molecule has 32 heavy (non-hydrogen) atoms.